The summed E-state index contributed by atoms with van der Waals surface area (Å²) in [6, 6.07) is 4.51. The molecule has 2 heterocycles. The fraction of sp³-hybridized carbons (Fsp3) is 0.500. The summed E-state index contributed by atoms with van der Waals surface area (Å²) in [6.07, 6.45) is 2.09. The van der Waals surface area contributed by atoms with Crippen LogP contribution in [-0.4, -0.2) is 21.4 Å². The molecule has 0 aliphatic heterocycles. The Hall–Kier alpha value is -1.26. The van der Waals surface area contributed by atoms with E-state index in [1.807, 2.05) is 18.7 Å². The second-order valence-corrected chi connectivity index (χ2v) is 5.11. The first-order valence-electron chi connectivity index (χ1n) is 6.62. The minimum atomic E-state index is 0.313. The molecule has 2 aromatic rings. The van der Waals surface area contributed by atoms with E-state index in [4.69, 9.17) is 11.6 Å². The third-order valence-corrected chi connectivity index (χ3v) is 4.01. The van der Waals surface area contributed by atoms with Crippen LogP contribution in [0.1, 0.15) is 37.0 Å². The van der Waals surface area contributed by atoms with Gasteiger partial charge >= 0.3 is 0 Å². The molecule has 2 aromatic heterocycles. The molecule has 1 atom stereocenters. The van der Waals surface area contributed by atoms with Crippen molar-refractivity contribution >= 4 is 11.6 Å². The molecule has 0 bridgehead atoms. The maximum absolute atomic E-state index is 6.36. The van der Waals surface area contributed by atoms with E-state index in [9.17, 15) is 0 Å². The molecule has 0 aromatic carbocycles. The summed E-state index contributed by atoms with van der Waals surface area (Å²) in [6.45, 7) is 7.77. The number of hydrogen-bond donors (Lipinski definition) is 1. The van der Waals surface area contributed by atoms with Crippen LogP contribution in [0.3, 0.4) is 0 Å². The van der Waals surface area contributed by atoms with Gasteiger partial charge in [0.05, 0.1) is 23.0 Å². The van der Waals surface area contributed by atoms with Crippen LogP contribution < -0.4 is 5.32 Å². The van der Waals surface area contributed by atoms with Crippen molar-refractivity contribution in [1.29, 1.82) is 0 Å². The normalized spacial score (nSPS) is 12.9. The Labute approximate surface area is 119 Å². The maximum Gasteiger partial charge on any atom is 0.0865 e. The van der Waals surface area contributed by atoms with E-state index in [1.165, 1.54) is 5.69 Å². The quantitative estimate of drug-likeness (QED) is 0.914. The van der Waals surface area contributed by atoms with E-state index in [0.29, 0.717) is 6.04 Å². The predicted molar refractivity (Wildman–Crippen MR) is 78.7 cm³/mol. The lowest BCUT2D eigenvalue weighted by Gasteiger charge is -2.15. The molecule has 4 nitrogen and oxygen atoms in total. The molecule has 1 unspecified atom stereocenters. The van der Waals surface area contributed by atoms with E-state index >= 15 is 0 Å². The van der Waals surface area contributed by atoms with Crippen LogP contribution in [0.2, 0.25) is 5.02 Å². The smallest absolute Gasteiger partial charge is 0.0865 e. The topological polar surface area (TPSA) is 34.8 Å². The highest BCUT2D eigenvalue weighted by Gasteiger charge is 2.15. The van der Waals surface area contributed by atoms with Crippen LogP contribution in [0, 0.1) is 6.92 Å². The van der Waals surface area contributed by atoms with E-state index in [2.05, 4.69) is 47.2 Å². The molecule has 19 heavy (non-hydrogen) atoms. The molecule has 0 aliphatic carbocycles. The van der Waals surface area contributed by atoms with Gasteiger partial charge in [-0.05, 0) is 40.0 Å². The molecule has 0 fully saturated rings. The fourth-order valence-electron chi connectivity index (χ4n) is 2.29. The predicted octanol–water partition coefficient (Wildman–Crippen LogP) is 3.00. The van der Waals surface area contributed by atoms with E-state index in [1.54, 1.807) is 0 Å². The summed E-state index contributed by atoms with van der Waals surface area (Å²) in [7, 11) is 1.97. The maximum atomic E-state index is 6.36. The van der Waals surface area contributed by atoms with Gasteiger partial charge in [0.15, 0.2) is 0 Å². The van der Waals surface area contributed by atoms with Crippen LogP contribution in [0.15, 0.2) is 18.3 Å². The highest BCUT2D eigenvalue weighted by Crippen LogP contribution is 2.23. The van der Waals surface area contributed by atoms with Gasteiger partial charge in [-0.2, -0.15) is 5.10 Å². The van der Waals surface area contributed by atoms with Crippen LogP contribution in [-0.2, 0) is 13.1 Å². The zero-order valence-corrected chi connectivity index (χ0v) is 12.7. The van der Waals surface area contributed by atoms with Crippen molar-refractivity contribution < 1.29 is 0 Å². The number of aryl methyl sites for hydroxylation is 2. The van der Waals surface area contributed by atoms with E-state index in [0.717, 1.165) is 29.5 Å². The Balaban J connectivity index is 2.34. The molecule has 0 amide bonds. The lowest BCUT2D eigenvalue weighted by atomic mass is 10.2. The minimum absolute atomic E-state index is 0.313. The summed E-state index contributed by atoms with van der Waals surface area (Å²) >= 11 is 6.36. The highest BCUT2D eigenvalue weighted by molar-refractivity contribution is 6.31. The zero-order valence-electron chi connectivity index (χ0n) is 11.9. The van der Waals surface area contributed by atoms with Gasteiger partial charge in [0.25, 0.3) is 0 Å². The number of nitrogens with one attached hydrogen (secondary N) is 1. The summed E-state index contributed by atoms with van der Waals surface area (Å²) < 4.78 is 4.20. The van der Waals surface area contributed by atoms with Gasteiger partial charge < -0.3 is 9.88 Å². The largest absolute Gasteiger partial charge is 0.344 e. The molecule has 2 rings (SSSR count). The molecule has 0 saturated heterocycles. The second kappa shape index (κ2) is 5.80. The summed E-state index contributed by atoms with van der Waals surface area (Å²) in [5.74, 6) is 0. The highest BCUT2D eigenvalue weighted by atomic mass is 35.5. The Bertz CT molecular complexity index is 556. The number of rotatable bonds is 5. The minimum Gasteiger partial charge on any atom is -0.344 e. The standard InChI is InChI=1S/C14H21ClN4/c1-5-19-13(14(15)11(3)17-19)9-18-8-6-7-12(18)10(2)16-4/h6-8,10,16H,5,9H2,1-4H3. The molecule has 5 heteroatoms. The fourth-order valence-corrected chi connectivity index (χ4v) is 2.49. The van der Waals surface area contributed by atoms with Gasteiger partial charge in [-0.15, -0.1) is 0 Å². The van der Waals surface area contributed by atoms with Crippen molar-refractivity contribution in [1.82, 2.24) is 19.7 Å². The third-order valence-electron chi connectivity index (χ3n) is 3.51. The number of hydrogen-bond acceptors (Lipinski definition) is 2. The SMILES string of the molecule is CCn1nc(C)c(Cl)c1Cn1cccc1C(C)NC. The van der Waals surface area contributed by atoms with Crippen LogP contribution in [0.5, 0.6) is 0 Å². The summed E-state index contributed by atoms with van der Waals surface area (Å²) in [5.41, 5.74) is 3.22. The molecule has 104 valence electrons. The van der Waals surface area contributed by atoms with E-state index < -0.39 is 0 Å². The van der Waals surface area contributed by atoms with E-state index in [-0.39, 0.29) is 0 Å². The second-order valence-electron chi connectivity index (χ2n) is 4.73. The Morgan fingerprint density at radius 1 is 1.47 bits per heavy atom. The van der Waals surface area contributed by atoms with Crippen molar-refractivity contribution in [3.05, 3.63) is 40.4 Å². The Morgan fingerprint density at radius 3 is 2.84 bits per heavy atom. The lowest BCUT2D eigenvalue weighted by Crippen LogP contribution is -2.18. The first-order valence-corrected chi connectivity index (χ1v) is 7.00. The van der Waals surface area contributed by atoms with Crippen molar-refractivity contribution in [3.63, 3.8) is 0 Å². The number of aromatic nitrogens is 3. The molecule has 0 aliphatic rings. The van der Waals surface area contributed by atoms with Gasteiger partial charge in [-0.1, -0.05) is 11.6 Å². The first-order chi connectivity index (χ1) is 9.08. The van der Waals surface area contributed by atoms with Gasteiger partial charge in [-0.25, -0.2) is 0 Å². The third kappa shape index (κ3) is 2.69. The van der Waals surface area contributed by atoms with Gasteiger partial charge in [0, 0.05) is 24.5 Å². The first kappa shape index (κ1) is 14.2. The van der Waals surface area contributed by atoms with Crippen molar-refractivity contribution in [2.45, 2.75) is 39.9 Å². The number of nitrogens with zero attached hydrogens (tertiary/aromatic N) is 3. The Kier molecular flexibility index (Phi) is 4.32. The van der Waals surface area contributed by atoms with Gasteiger partial charge in [0.2, 0.25) is 0 Å². The molecule has 1 N–H and O–H groups in total. The van der Waals surface area contributed by atoms with Gasteiger partial charge in [-0.3, -0.25) is 4.68 Å². The average Bonchev–Trinajstić information content (AvgIpc) is 2.98. The zero-order chi connectivity index (χ0) is 14.0. The van der Waals surface area contributed by atoms with Crippen LogP contribution in [0.4, 0.5) is 0 Å². The average molecular weight is 281 g/mol. The molecule has 0 radical (unpaired) electrons. The van der Waals surface area contributed by atoms with Gasteiger partial charge in [0.1, 0.15) is 0 Å². The van der Waals surface area contributed by atoms with Crippen molar-refractivity contribution in [2.75, 3.05) is 7.05 Å². The van der Waals surface area contributed by atoms with Crippen LogP contribution in [0.25, 0.3) is 0 Å². The van der Waals surface area contributed by atoms with Crippen LogP contribution >= 0.6 is 11.6 Å². The molecular formula is C14H21ClN4. The monoisotopic (exact) mass is 280 g/mol. The van der Waals surface area contributed by atoms with Crippen molar-refractivity contribution in [2.24, 2.45) is 0 Å². The number of halogens is 1. The molecule has 0 spiro atoms. The molecular weight excluding hydrogens is 260 g/mol. The van der Waals surface area contributed by atoms with Crippen molar-refractivity contribution in [3.8, 4) is 0 Å². The Morgan fingerprint density at radius 2 is 2.21 bits per heavy atom. The lowest BCUT2D eigenvalue weighted by molar-refractivity contribution is 0.558. The molecule has 0 saturated carbocycles. The summed E-state index contributed by atoms with van der Waals surface area (Å²) in [4.78, 5) is 0. The summed E-state index contributed by atoms with van der Waals surface area (Å²) in [5, 5.41) is 8.50.